The lowest BCUT2D eigenvalue weighted by molar-refractivity contribution is -0.152. The van der Waals surface area contributed by atoms with E-state index in [1.807, 2.05) is 0 Å². The molecule has 2 aromatic heterocycles. The second-order valence-corrected chi connectivity index (χ2v) is 5.08. The van der Waals surface area contributed by atoms with Crippen LogP contribution < -0.4 is 10.6 Å². The first kappa shape index (κ1) is 17.5. The van der Waals surface area contributed by atoms with Crippen molar-refractivity contribution in [1.29, 1.82) is 0 Å². The zero-order valence-electron chi connectivity index (χ0n) is 12.6. The number of halogens is 1. The number of nitrogens with one attached hydrogen (secondary N) is 2. The minimum absolute atomic E-state index is 0.0717. The first-order valence-electron chi connectivity index (χ1n) is 6.89. The number of furan rings is 1. The summed E-state index contributed by atoms with van der Waals surface area (Å²) in [4.78, 5) is 39.0. The Balaban J connectivity index is 1.77. The molecule has 8 nitrogen and oxygen atoms in total. The monoisotopic (exact) mass is 351 g/mol. The number of hydrogen-bond donors (Lipinski definition) is 2. The minimum Gasteiger partial charge on any atom is -0.459 e. The molecule has 0 aromatic carbocycles. The standard InChI is InChI=1S/C15H14ClN3O5/c1-9(14(21)19-12-5-4-10(16)7-17-12)24-13(20)8-18-15(22)11-3-2-6-23-11/h2-7,9H,8H2,1H3,(H,18,22)(H,17,19,21)/t9-/m0/s1. The van der Waals surface area contributed by atoms with Gasteiger partial charge in [-0.15, -0.1) is 0 Å². The van der Waals surface area contributed by atoms with Crippen LogP contribution in [0.4, 0.5) is 5.82 Å². The van der Waals surface area contributed by atoms with Gasteiger partial charge in [-0.1, -0.05) is 11.6 Å². The molecule has 126 valence electrons. The maximum Gasteiger partial charge on any atom is 0.326 e. The third kappa shape index (κ3) is 5.10. The number of esters is 1. The molecule has 0 saturated heterocycles. The number of aromatic nitrogens is 1. The lowest BCUT2D eigenvalue weighted by Crippen LogP contribution is -2.35. The van der Waals surface area contributed by atoms with Crippen LogP contribution >= 0.6 is 11.6 Å². The fourth-order valence-electron chi connectivity index (χ4n) is 1.62. The van der Waals surface area contributed by atoms with Gasteiger partial charge in [0.15, 0.2) is 11.9 Å². The van der Waals surface area contributed by atoms with Crippen LogP contribution in [0.3, 0.4) is 0 Å². The maximum absolute atomic E-state index is 11.9. The zero-order valence-corrected chi connectivity index (χ0v) is 13.4. The van der Waals surface area contributed by atoms with Crippen LogP contribution in [0.2, 0.25) is 5.02 Å². The van der Waals surface area contributed by atoms with E-state index in [1.165, 1.54) is 31.5 Å². The van der Waals surface area contributed by atoms with Gasteiger partial charge in [0.05, 0.1) is 11.3 Å². The Kier molecular flexibility index (Phi) is 5.91. The van der Waals surface area contributed by atoms with Crippen molar-refractivity contribution < 1.29 is 23.5 Å². The molecule has 0 aliphatic carbocycles. The van der Waals surface area contributed by atoms with Crippen LogP contribution in [0.15, 0.2) is 41.1 Å². The Morgan fingerprint density at radius 2 is 2.12 bits per heavy atom. The average molecular weight is 352 g/mol. The van der Waals surface area contributed by atoms with Gasteiger partial charge in [-0.2, -0.15) is 0 Å². The van der Waals surface area contributed by atoms with Gasteiger partial charge in [0.1, 0.15) is 12.4 Å². The number of nitrogens with zero attached hydrogens (tertiary/aromatic N) is 1. The number of carbonyl (C=O) groups excluding carboxylic acids is 3. The van der Waals surface area contributed by atoms with E-state index in [2.05, 4.69) is 15.6 Å². The lowest BCUT2D eigenvalue weighted by Gasteiger charge is -2.13. The van der Waals surface area contributed by atoms with Crippen molar-refractivity contribution in [2.75, 3.05) is 11.9 Å². The summed E-state index contributed by atoms with van der Waals surface area (Å²) in [6.07, 6.45) is 1.65. The van der Waals surface area contributed by atoms with Gasteiger partial charge in [-0.25, -0.2) is 4.98 Å². The maximum atomic E-state index is 11.9. The summed E-state index contributed by atoms with van der Waals surface area (Å²) in [5, 5.41) is 5.22. The molecule has 0 aliphatic rings. The van der Waals surface area contributed by atoms with E-state index in [9.17, 15) is 14.4 Å². The molecule has 0 aliphatic heterocycles. The molecule has 24 heavy (non-hydrogen) atoms. The van der Waals surface area contributed by atoms with Gasteiger partial charge < -0.3 is 19.8 Å². The Hall–Kier alpha value is -2.87. The number of rotatable bonds is 6. The number of hydrogen-bond acceptors (Lipinski definition) is 6. The van der Waals surface area contributed by atoms with Crippen LogP contribution in [0, 0.1) is 0 Å². The first-order valence-corrected chi connectivity index (χ1v) is 7.27. The van der Waals surface area contributed by atoms with E-state index in [4.69, 9.17) is 20.8 Å². The number of amides is 2. The van der Waals surface area contributed by atoms with Crippen molar-refractivity contribution in [3.63, 3.8) is 0 Å². The van der Waals surface area contributed by atoms with Crippen molar-refractivity contribution >= 4 is 35.2 Å². The van der Waals surface area contributed by atoms with Gasteiger partial charge in [0.25, 0.3) is 11.8 Å². The molecule has 0 spiro atoms. The molecule has 2 N–H and O–H groups in total. The quantitative estimate of drug-likeness (QED) is 0.765. The number of anilines is 1. The van der Waals surface area contributed by atoms with Crippen LogP contribution in [-0.4, -0.2) is 35.4 Å². The normalized spacial score (nSPS) is 11.4. The SMILES string of the molecule is C[C@H](OC(=O)CNC(=O)c1ccco1)C(=O)Nc1ccc(Cl)cn1. The molecule has 2 amide bonds. The molecule has 2 heterocycles. The molecular weight excluding hydrogens is 338 g/mol. The smallest absolute Gasteiger partial charge is 0.326 e. The number of carbonyl (C=O) groups is 3. The van der Waals surface area contributed by atoms with Crippen molar-refractivity contribution in [3.8, 4) is 0 Å². The van der Waals surface area contributed by atoms with E-state index < -0.39 is 30.4 Å². The van der Waals surface area contributed by atoms with Crippen molar-refractivity contribution in [1.82, 2.24) is 10.3 Å². The molecule has 0 fully saturated rings. The van der Waals surface area contributed by atoms with Gasteiger partial charge in [0, 0.05) is 6.20 Å². The van der Waals surface area contributed by atoms with E-state index >= 15 is 0 Å². The fourth-order valence-corrected chi connectivity index (χ4v) is 1.73. The second kappa shape index (κ2) is 8.11. The fraction of sp³-hybridized carbons (Fsp3) is 0.200. The highest BCUT2D eigenvalue weighted by Crippen LogP contribution is 2.10. The number of ether oxygens (including phenoxy) is 1. The molecule has 0 bridgehead atoms. The summed E-state index contributed by atoms with van der Waals surface area (Å²) >= 11 is 5.69. The van der Waals surface area contributed by atoms with Crippen molar-refractivity contribution in [2.24, 2.45) is 0 Å². The summed E-state index contributed by atoms with van der Waals surface area (Å²) in [5.41, 5.74) is 0. The highest BCUT2D eigenvalue weighted by atomic mass is 35.5. The topological polar surface area (TPSA) is 111 Å². The Bertz CT molecular complexity index is 715. The van der Waals surface area contributed by atoms with Crippen molar-refractivity contribution in [2.45, 2.75) is 13.0 Å². The Morgan fingerprint density at radius 3 is 2.75 bits per heavy atom. The number of pyridine rings is 1. The second-order valence-electron chi connectivity index (χ2n) is 4.64. The van der Waals surface area contributed by atoms with E-state index in [0.29, 0.717) is 5.02 Å². The van der Waals surface area contributed by atoms with Crippen LogP contribution in [0.1, 0.15) is 17.5 Å². The lowest BCUT2D eigenvalue weighted by atomic mass is 10.3. The van der Waals surface area contributed by atoms with E-state index in [-0.39, 0.29) is 11.6 Å². The van der Waals surface area contributed by atoms with E-state index in [1.54, 1.807) is 12.1 Å². The summed E-state index contributed by atoms with van der Waals surface area (Å²) in [6.45, 7) is 1.01. The molecule has 1 atom stereocenters. The van der Waals surface area contributed by atoms with Crippen molar-refractivity contribution in [3.05, 3.63) is 47.5 Å². The minimum atomic E-state index is -1.06. The summed E-state index contributed by atoms with van der Waals surface area (Å²) in [7, 11) is 0. The van der Waals surface area contributed by atoms with Crippen LogP contribution in [0.25, 0.3) is 0 Å². The highest BCUT2D eigenvalue weighted by Gasteiger charge is 2.19. The first-order chi connectivity index (χ1) is 11.5. The third-order valence-electron chi connectivity index (χ3n) is 2.79. The van der Waals surface area contributed by atoms with Crippen LogP contribution in [0.5, 0.6) is 0 Å². The predicted octanol–water partition coefficient (Wildman–Crippen LogP) is 1.63. The largest absolute Gasteiger partial charge is 0.459 e. The predicted molar refractivity (Wildman–Crippen MR) is 84.5 cm³/mol. The molecule has 9 heteroatoms. The molecule has 0 saturated carbocycles. The van der Waals surface area contributed by atoms with Gasteiger partial charge >= 0.3 is 5.97 Å². The molecular formula is C15H14ClN3O5. The van der Waals surface area contributed by atoms with Gasteiger partial charge in [0.2, 0.25) is 0 Å². The zero-order chi connectivity index (χ0) is 17.5. The summed E-state index contributed by atoms with van der Waals surface area (Å²) < 4.78 is 9.80. The molecule has 0 radical (unpaired) electrons. The van der Waals surface area contributed by atoms with Crippen LogP contribution in [-0.2, 0) is 14.3 Å². The molecule has 2 rings (SSSR count). The average Bonchev–Trinajstić information content (AvgIpc) is 3.09. The van der Waals surface area contributed by atoms with E-state index in [0.717, 1.165) is 0 Å². The Morgan fingerprint density at radius 1 is 1.33 bits per heavy atom. The molecule has 0 unspecified atom stereocenters. The summed E-state index contributed by atoms with van der Waals surface area (Å²) in [6, 6.07) is 6.07. The Labute approximate surface area is 142 Å². The van der Waals surface area contributed by atoms with Gasteiger partial charge in [-0.3, -0.25) is 14.4 Å². The molecule has 2 aromatic rings. The van der Waals surface area contributed by atoms with Gasteiger partial charge in [-0.05, 0) is 31.2 Å². The third-order valence-corrected chi connectivity index (χ3v) is 3.02. The summed E-state index contributed by atoms with van der Waals surface area (Å²) in [5.74, 6) is -1.53. The highest BCUT2D eigenvalue weighted by molar-refractivity contribution is 6.30.